The Balaban J connectivity index is 1.67. The number of thioether (sulfide) groups is 1. The van der Waals surface area contributed by atoms with Crippen molar-refractivity contribution in [3.05, 3.63) is 54.1 Å². The molecular weight excluding hydrogens is 378 g/mol. The summed E-state index contributed by atoms with van der Waals surface area (Å²) < 4.78 is 6.72. The third kappa shape index (κ3) is 4.55. The number of benzene rings is 2. The zero-order valence-corrected chi connectivity index (χ0v) is 16.4. The Bertz CT molecular complexity index is 970. The lowest BCUT2D eigenvalue weighted by Crippen LogP contribution is -2.23. The number of Topliss-reactive ketones (excluding diaryl/α,β-unsaturated/α-hetero) is 1. The molecule has 0 saturated carbocycles. The normalized spacial score (nSPS) is 11.7. The molecule has 0 radical (unpaired) electrons. The summed E-state index contributed by atoms with van der Waals surface area (Å²) in [4.78, 5) is 23.8. The second-order valence-electron chi connectivity index (χ2n) is 5.95. The molecular formula is C19H19N5O3S. The number of hydrogen-bond acceptors (Lipinski definition) is 7. The number of nitrogens with zero attached hydrogens (tertiary/aromatic N) is 4. The van der Waals surface area contributed by atoms with Crippen molar-refractivity contribution < 1.29 is 14.3 Å². The van der Waals surface area contributed by atoms with Crippen molar-refractivity contribution in [2.45, 2.75) is 24.3 Å². The number of amides is 1. The first kappa shape index (κ1) is 19.6. The fourth-order valence-electron chi connectivity index (χ4n) is 2.38. The van der Waals surface area contributed by atoms with Crippen molar-refractivity contribution in [2.24, 2.45) is 0 Å². The van der Waals surface area contributed by atoms with Crippen LogP contribution in [0.2, 0.25) is 0 Å². The van der Waals surface area contributed by atoms with Gasteiger partial charge in [0.2, 0.25) is 11.1 Å². The average molecular weight is 397 g/mol. The Morgan fingerprint density at radius 1 is 1.11 bits per heavy atom. The molecule has 0 aliphatic heterocycles. The first-order valence-electron chi connectivity index (χ1n) is 8.49. The summed E-state index contributed by atoms with van der Waals surface area (Å²) in [6.07, 6.45) is 0. The molecule has 28 heavy (non-hydrogen) atoms. The molecule has 1 heterocycles. The molecule has 1 aromatic heterocycles. The van der Waals surface area contributed by atoms with Gasteiger partial charge in [0.25, 0.3) is 0 Å². The highest BCUT2D eigenvalue weighted by molar-refractivity contribution is 8.00. The predicted octanol–water partition coefficient (Wildman–Crippen LogP) is 2.99. The molecule has 0 bridgehead atoms. The first-order valence-corrected chi connectivity index (χ1v) is 9.37. The Kier molecular flexibility index (Phi) is 6.05. The third-order valence-electron chi connectivity index (χ3n) is 3.97. The van der Waals surface area contributed by atoms with E-state index in [9.17, 15) is 9.59 Å². The van der Waals surface area contributed by atoms with Crippen LogP contribution < -0.4 is 10.1 Å². The highest BCUT2D eigenvalue weighted by Gasteiger charge is 2.19. The fourth-order valence-corrected chi connectivity index (χ4v) is 3.19. The third-order valence-corrected chi connectivity index (χ3v) is 5.00. The van der Waals surface area contributed by atoms with E-state index in [2.05, 4.69) is 20.8 Å². The highest BCUT2D eigenvalue weighted by atomic mass is 32.2. The van der Waals surface area contributed by atoms with Crippen molar-refractivity contribution in [1.82, 2.24) is 20.2 Å². The van der Waals surface area contributed by atoms with Crippen LogP contribution in [0.4, 0.5) is 5.69 Å². The zero-order chi connectivity index (χ0) is 20.1. The van der Waals surface area contributed by atoms with E-state index < -0.39 is 5.25 Å². The van der Waals surface area contributed by atoms with Crippen molar-refractivity contribution in [3.63, 3.8) is 0 Å². The van der Waals surface area contributed by atoms with Gasteiger partial charge in [0, 0.05) is 11.3 Å². The maximum absolute atomic E-state index is 12.5. The van der Waals surface area contributed by atoms with E-state index in [-0.39, 0.29) is 11.7 Å². The maximum atomic E-state index is 12.5. The number of aromatic nitrogens is 4. The van der Waals surface area contributed by atoms with Crippen molar-refractivity contribution in [3.8, 4) is 11.4 Å². The number of hydrogen-bond donors (Lipinski definition) is 1. The molecule has 0 saturated heterocycles. The predicted molar refractivity (Wildman–Crippen MR) is 106 cm³/mol. The molecule has 1 atom stereocenters. The van der Waals surface area contributed by atoms with Crippen LogP contribution in [-0.4, -0.2) is 44.3 Å². The first-order chi connectivity index (χ1) is 13.5. The summed E-state index contributed by atoms with van der Waals surface area (Å²) in [6, 6.07) is 14.1. The average Bonchev–Trinajstić information content (AvgIpc) is 3.16. The Morgan fingerprint density at radius 3 is 2.39 bits per heavy atom. The van der Waals surface area contributed by atoms with Gasteiger partial charge >= 0.3 is 0 Å². The smallest absolute Gasteiger partial charge is 0.237 e. The van der Waals surface area contributed by atoms with E-state index in [4.69, 9.17) is 4.74 Å². The number of tetrazole rings is 1. The minimum absolute atomic E-state index is 0.0211. The van der Waals surface area contributed by atoms with Crippen molar-refractivity contribution >= 4 is 29.1 Å². The molecule has 1 amide bonds. The second-order valence-corrected chi connectivity index (χ2v) is 7.26. The van der Waals surface area contributed by atoms with Crippen LogP contribution in [0, 0.1) is 0 Å². The number of rotatable bonds is 7. The van der Waals surface area contributed by atoms with Crippen LogP contribution >= 0.6 is 11.8 Å². The maximum Gasteiger partial charge on any atom is 0.237 e. The molecule has 8 nitrogen and oxygen atoms in total. The molecule has 144 valence electrons. The van der Waals surface area contributed by atoms with Crippen LogP contribution in [-0.2, 0) is 4.79 Å². The Morgan fingerprint density at radius 2 is 1.79 bits per heavy atom. The van der Waals surface area contributed by atoms with Crippen molar-refractivity contribution in [2.75, 3.05) is 12.4 Å². The van der Waals surface area contributed by atoms with Gasteiger partial charge in [0.15, 0.2) is 5.78 Å². The number of anilines is 1. The number of carbonyl (C=O) groups excluding carboxylic acids is 2. The topological polar surface area (TPSA) is 99.0 Å². The van der Waals surface area contributed by atoms with Crippen LogP contribution in [0.15, 0.2) is 53.7 Å². The van der Waals surface area contributed by atoms with Crippen LogP contribution in [0.25, 0.3) is 5.69 Å². The van der Waals surface area contributed by atoms with E-state index in [0.29, 0.717) is 16.4 Å². The highest BCUT2D eigenvalue weighted by Crippen LogP contribution is 2.25. The van der Waals surface area contributed by atoms with Gasteiger partial charge in [-0.3, -0.25) is 9.59 Å². The fraction of sp³-hybridized carbons (Fsp3) is 0.211. The standard InChI is InChI=1S/C19H19N5O3S/c1-12(25)14-4-6-15(7-5-14)20-18(26)13(2)28-19-21-22-23-24(19)16-8-10-17(27-3)11-9-16/h4-11,13H,1-3H3,(H,20,26)/t13-/m0/s1. The number of methoxy groups -OCH3 is 1. The van der Waals surface area contributed by atoms with Gasteiger partial charge < -0.3 is 10.1 Å². The monoisotopic (exact) mass is 397 g/mol. The van der Waals surface area contributed by atoms with E-state index in [1.54, 1.807) is 43.0 Å². The molecule has 0 aliphatic carbocycles. The number of ketones is 1. The van der Waals surface area contributed by atoms with E-state index >= 15 is 0 Å². The molecule has 0 spiro atoms. The van der Waals surface area contributed by atoms with Crippen LogP contribution in [0.1, 0.15) is 24.2 Å². The Labute approximate surface area is 166 Å². The van der Waals surface area contributed by atoms with Gasteiger partial charge in [0.05, 0.1) is 18.0 Å². The number of carbonyl (C=O) groups is 2. The van der Waals surface area contributed by atoms with Crippen molar-refractivity contribution in [1.29, 1.82) is 0 Å². The van der Waals surface area contributed by atoms with E-state index in [1.165, 1.54) is 18.7 Å². The molecule has 1 N–H and O–H groups in total. The zero-order valence-electron chi connectivity index (χ0n) is 15.6. The summed E-state index contributed by atoms with van der Waals surface area (Å²) in [6.45, 7) is 3.27. The number of nitrogens with one attached hydrogen (secondary N) is 1. The summed E-state index contributed by atoms with van der Waals surface area (Å²) >= 11 is 1.25. The van der Waals surface area contributed by atoms with Crippen LogP contribution in [0.3, 0.4) is 0 Å². The van der Waals surface area contributed by atoms with Gasteiger partial charge in [0.1, 0.15) is 5.75 Å². The largest absolute Gasteiger partial charge is 0.497 e. The molecule has 3 aromatic rings. The minimum Gasteiger partial charge on any atom is -0.497 e. The minimum atomic E-state index is -0.435. The molecule has 0 fully saturated rings. The van der Waals surface area contributed by atoms with E-state index in [1.807, 2.05) is 24.3 Å². The summed E-state index contributed by atoms with van der Waals surface area (Å²) in [5.41, 5.74) is 1.98. The van der Waals surface area contributed by atoms with Gasteiger partial charge in [-0.1, -0.05) is 11.8 Å². The summed E-state index contributed by atoms with van der Waals surface area (Å²) in [7, 11) is 1.60. The van der Waals surface area contributed by atoms with E-state index in [0.717, 1.165) is 11.4 Å². The SMILES string of the molecule is COc1ccc(-n2nnnc2S[C@@H](C)C(=O)Nc2ccc(C(C)=O)cc2)cc1. The lowest BCUT2D eigenvalue weighted by atomic mass is 10.1. The van der Waals surface area contributed by atoms with Gasteiger partial charge in [-0.15, -0.1) is 5.10 Å². The summed E-state index contributed by atoms with van der Waals surface area (Å²) in [5, 5.41) is 14.6. The second kappa shape index (κ2) is 8.66. The quantitative estimate of drug-likeness (QED) is 0.483. The molecule has 2 aromatic carbocycles. The van der Waals surface area contributed by atoms with Gasteiger partial charge in [-0.25, -0.2) is 0 Å². The molecule has 0 aliphatic rings. The van der Waals surface area contributed by atoms with Gasteiger partial charge in [-0.05, 0) is 72.8 Å². The lowest BCUT2D eigenvalue weighted by Gasteiger charge is -2.12. The summed E-state index contributed by atoms with van der Waals surface area (Å²) in [5.74, 6) is 0.520. The molecule has 9 heteroatoms. The number of ether oxygens (including phenoxy) is 1. The molecule has 3 rings (SSSR count). The lowest BCUT2D eigenvalue weighted by molar-refractivity contribution is -0.115. The molecule has 0 unspecified atom stereocenters. The Hall–Kier alpha value is -3.20. The van der Waals surface area contributed by atoms with Crippen LogP contribution in [0.5, 0.6) is 5.75 Å². The van der Waals surface area contributed by atoms with Gasteiger partial charge in [-0.2, -0.15) is 4.68 Å².